The van der Waals surface area contributed by atoms with Gasteiger partial charge in [0.05, 0.1) is 0 Å². The first-order chi connectivity index (χ1) is 8.99. The third-order valence-corrected chi connectivity index (χ3v) is 4.41. The molecule has 19 heavy (non-hydrogen) atoms. The van der Waals surface area contributed by atoms with Gasteiger partial charge in [0, 0.05) is 28.7 Å². The van der Waals surface area contributed by atoms with Crippen LogP contribution in [-0.4, -0.2) is 20.6 Å². The maximum atomic E-state index is 12.1. The summed E-state index contributed by atoms with van der Waals surface area (Å²) in [4.78, 5) is 27.9. The van der Waals surface area contributed by atoms with Crippen LogP contribution in [0.2, 0.25) is 0 Å². The molecule has 0 aliphatic carbocycles. The predicted octanol–water partition coefficient (Wildman–Crippen LogP) is 2.74. The van der Waals surface area contributed by atoms with Crippen LogP contribution in [0.3, 0.4) is 0 Å². The van der Waals surface area contributed by atoms with Crippen molar-refractivity contribution in [1.82, 2.24) is 9.55 Å². The Balaban J connectivity index is 2.30. The van der Waals surface area contributed by atoms with Crippen molar-refractivity contribution < 1.29 is 9.90 Å². The summed E-state index contributed by atoms with van der Waals surface area (Å²) in [6, 6.07) is 1.61. The van der Waals surface area contributed by atoms with Gasteiger partial charge in [-0.2, -0.15) is 0 Å². The molecule has 0 aliphatic rings. The number of nitrogens with zero attached hydrogens (tertiary/aromatic N) is 2. The highest BCUT2D eigenvalue weighted by Crippen LogP contribution is 2.28. The number of carbonyl (C=O) groups is 1. The zero-order valence-electron chi connectivity index (χ0n) is 10.4. The molecule has 2 aromatic rings. The largest absolute Gasteiger partial charge is 0.477 e. The first-order valence-electron chi connectivity index (χ1n) is 5.56. The van der Waals surface area contributed by atoms with Gasteiger partial charge in [0.2, 0.25) is 0 Å². The molecule has 1 N–H and O–H groups in total. The second kappa shape index (κ2) is 5.58. The first kappa shape index (κ1) is 13.8. The van der Waals surface area contributed by atoms with E-state index >= 15 is 0 Å². The molecule has 2 aromatic heterocycles. The molecule has 2 heterocycles. The number of hydrogen-bond donors (Lipinski definition) is 1. The van der Waals surface area contributed by atoms with E-state index in [0.717, 1.165) is 11.3 Å². The number of carboxylic acid groups (broad SMARTS) is 1. The van der Waals surface area contributed by atoms with E-state index in [1.54, 1.807) is 28.4 Å². The molecular formula is C12H12N2O3S2. The molecule has 100 valence electrons. The van der Waals surface area contributed by atoms with E-state index in [9.17, 15) is 9.59 Å². The number of hydrogen-bond acceptors (Lipinski definition) is 5. The van der Waals surface area contributed by atoms with E-state index in [1.165, 1.54) is 11.8 Å². The standard InChI is InChI=1S/C12H12N2O3S2/c1-7(2)14-4-3-13-10(11(14)15)19-8-5-9(12(16)17)18-6-8/h3-7H,1-2H3,(H,16,17). The van der Waals surface area contributed by atoms with Crippen molar-refractivity contribution in [3.63, 3.8) is 0 Å². The molecular weight excluding hydrogens is 284 g/mol. The van der Waals surface area contributed by atoms with Crippen LogP contribution in [-0.2, 0) is 0 Å². The molecule has 0 aliphatic heterocycles. The van der Waals surface area contributed by atoms with Gasteiger partial charge < -0.3 is 9.67 Å². The number of aromatic nitrogens is 2. The maximum Gasteiger partial charge on any atom is 0.345 e. The smallest absolute Gasteiger partial charge is 0.345 e. The van der Waals surface area contributed by atoms with Crippen LogP contribution in [0.25, 0.3) is 0 Å². The van der Waals surface area contributed by atoms with E-state index < -0.39 is 5.97 Å². The molecule has 0 atom stereocenters. The summed E-state index contributed by atoms with van der Waals surface area (Å²) in [6.07, 6.45) is 3.22. The normalized spacial score (nSPS) is 10.9. The lowest BCUT2D eigenvalue weighted by molar-refractivity contribution is 0.0702. The van der Waals surface area contributed by atoms with E-state index in [0.29, 0.717) is 9.92 Å². The molecule has 2 rings (SSSR count). The minimum absolute atomic E-state index is 0.0619. The SMILES string of the molecule is CC(C)n1ccnc(Sc2csc(C(=O)O)c2)c1=O. The quantitative estimate of drug-likeness (QED) is 0.939. The second-order valence-corrected chi connectivity index (χ2v) is 6.07. The minimum Gasteiger partial charge on any atom is -0.477 e. The summed E-state index contributed by atoms with van der Waals surface area (Å²) in [5.74, 6) is -0.961. The lowest BCUT2D eigenvalue weighted by atomic mass is 10.4. The van der Waals surface area contributed by atoms with Gasteiger partial charge in [-0.25, -0.2) is 9.78 Å². The van der Waals surface area contributed by atoms with Crippen molar-refractivity contribution in [3.8, 4) is 0 Å². The third kappa shape index (κ3) is 3.05. The van der Waals surface area contributed by atoms with Crippen LogP contribution in [0.15, 0.2) is 38.6 Å². The van der Waals surface area contributed by atoms with Crippen LogP contribution < -0.4 is 5.56 Å². The Morgan fingerprint density at radius 2 is 2.26 bits per heavy atom. The lowest BCUT2D eigenvalue weighted by Crippen LogP contribution is -2.23. The Morgan fingerprint density at radius 3 is 2.84 bits per heavy atom. The fourth-order valence-electron chi connectivity index (χ4n) is 1.48. The molecule has 0 radical (unpaired) electrons. The van der Waals surface area contributed by atoms with E-state index in [4.69, 9.17) is 5.11 Å². The average molecular weight is 296 g/mol. The van der Waals surface area contributed by atoms with Crippen molar-refractivity contribution in [3.05, 3.63) is 39.1 Å². The van der Waals surface area contributed by atoms with Crippen LogP contribution in [0.4, 0.5) is 0 Å². The Bertz CT molecular complexity index is 661. The Kier molecular flexibility index (Phi) is 4.06. The summed E-state index contributed by atoms with van der Waals surface area (Å²) in [5.41, 5.74) is -0.162. The summed E-state index contributed by atoms with van der Waals surface area (Å²) in [6.45, 7) is 3.84. The summed E-state index contributed by atoms with van der Waals surface area (Å²) >= 11 is 2.32. The Labute approximate surface area is 117 Å². The van der Waals surface area contributed by atoms with Crippen LogP contribution in [0.5, 0.6) is 0 Å². The van der Waals surface area contributed by atoms with Crippen LogP contribution >= 0.6 is 23.1 Å². The molecule has 0 fully saturated rings. The van der Waals surface area contributed by atoms with E-state index in [2.05, 4.69) is 4.98 Å². The molecule has 0 saturated carbocycles. The van der Waals surface area contributed by atoms with Gasteiger partial charge in [0.15, 0.2) is 5.03 Å². The minimum atomic E-state index is -0.961. The van der Waals surface area contributed by atoms with E-state index in [1.807, 2.05) is 13.8 Å². The lowest BCUT2D eigenvalue weighted by Gasteiger charge is -2.09. The van der Waals surface area contributed by atoms with Gasteiger partial charge in [-0.3, -0.25) is 4.79 Å². The van der Waals surface area contributed by atoms with Crippen molar-refractivity contribution >= 4 is 29.1 Å². The third-order valence-electron chi connectivity index (χ3n) is 2.39. The molecule has 0 amide bonds. The van der Waals surface area contributed by atoms with Crippen molar-refractivity contribution in [2.24, 2.45) is 0 Å². The Hall–Kier alpha value is -1.60. The molecule has 7 heteroatoms. The van der Waals surface area contributed by atoms with Crippen LogP contribution in [0, 0.1) is 0 Å². The number of thiophene rings is 1. The summed E-state index contributed by atoms with van der Waals surface area (Å²) in [7, 11) is 0. The molecule has 0 bridgehead atoms. The van der Waals surface area contributed by atoms with Crippen molar-refractivity contribution in [2.75, 3.05) is 0 Å². The number of carboxylic acids is 1. The topological polar surface area (TPSA) is 72.2 Å². The second-order valence-electron chi connectivity index (χ2n) is 4.09. The molecule has 0 spiro atoms. The zero-order chi connectivity index (χ0) is 14.0. The van der Waals surface area contributed by atoms with Crippen molar-refractivity contribution in [2.45, 2.75) is 29.8 Å². The van der Waals surface area contributed by atoms with Crippen LogP contribution in [0.1, 0.15) is 29.6 Å². The van der Waals surface area contributed by atoms with Gasteiger partial charge in [-0.05, 0) is 19.9 Å². The fourth-order valence-corrected chi connectivity index (χ4v) is 3.20. The van der Waals surface area contributed by atoms with Gasteiger partial charge in [0.25, 0.3) is 5.56 Å². The molecule has 5 nitrogen and oxygen atoms in total. The summed E-state index contributed by atoms with van der Waals surface area (Å²) < 4.78 is 1.60. The van der Waals surface area contributed by atoms with Gasteiger partial charge >= 0.3 is 5.97 Å². The monoisotopic (exact) mass is 296 g/mol. The Morgan fingerprint density at radius 1 is 1.53 bits per heavy atom. The molecule has 0 unspecified atom stereocenters. The van der Waals surface area contributed by atoms with Gasteiger partial charge in [-0.1, -0.05) is 11.8 Å². The molecule has 0 saturated heterocycles. The highest BCUT2D eigenvalue weighted by Gasteiger charge is 2.12. The van der Waals surface area contributed by atoms with Gasteiger partial charge in [0.1, 0.15) is 4.88 Å². The maximum absolute atomic E-state index is 12.1. The molecule has 0 aromatic carbocycles. The zero-order valence-corrected chi connectivity index (χ0v) is 12.0. The summed E-state index contributed by atoms with van der Waals surface area (Å²) in [5, 5.41) is 10.9. The average Bonchev–Trinajstić information content (AvgIpc) is 2.80. The fraction of sp³-hybridized carbons (Fsp3) is 0.250. The van der Waals surface area contributed by atoms with Gasteiger partial charge in [-0.15, -0.1) is 11.3 Å². The first-order valence-corrected chi connectivity index (χ1v) is 7.25. The number of aromatic carboxylic acids is 1. The van der Waals surface area contributed by atoms with Crippen molar-refractivity contribution in [1.29, 1.82) is 0 Å². The highest BCUT2D eigenvalue weighted by atomic mass is 32.2. The predicted molar refractivity (Wildman–Crippen MR) is 74.3 cm³/mol. The highest BCUT2D eigenvalue weighted by molar-refractivity contribution is 7.99. The number of rotatable bonds is 4. The van der Waals surface area contributed by atoms with E-state index in [-0.39, 0.29) is 16.5 Å².